The van der Waals surface area contributed by atoms with Crippen molar-refractivity contribution in [3.8, 4) is 10.6 Å². The number of sulfonamides is 1. The molecular weight excluding hydrogens is 377 g/mol. The number of hydrogen-bond acceptors (Lipinski definition) is 5. The van der Waals surface area contributed by atoms with Gasteiger partial charge in [0.05, 0.1) is 5.02 Å². The van der Waals surface area contributed by atoms with E-state index in [1.165, 1.54) is 18.2 Å². The minimum atomic E-state index is -3.89. The zero-order valence-corrected chi connectivity index (χ0v) is 14.5. The summed E-state index contributed by atoms with van der Waals surface area (Å²) in [6, 6.07) is 13.6. The molecule has 1 heterocycles. The highest BCUT2D eigenvalue weighted by atomic mass is 35.5. The zero-order chi connectivity index (χ0) is 16.4. The summed E-state index contributed by atoms with van der Waals surface area (Å²) in [5.41, 5.74) is 0.858. The number of benzene rings is 2. The minimum Gasteiger partial charge on any atom is -0.253 e. The van der Waals surface area contributed by atoms with E-state index in [0.29, 0.717) is 5.01 Å². The third-order valence-corrected chi connectivity index (χ3v) is 5.92. The lowest BCUT2D eigenvalue weighted by atomic mass is 10.2. The third-order valence-electron chi connectivity index (χ3n) is 2.85. The fourth-order valence-electron chi connectivity index (χ4n) is 1.81. The SMILES string of the molecule is O=S(=O)(Nc1nnc(-c2ccccc2)s1)c1cc(Cl)ccc1Cl. The van der Waals surface area contributed by atoms with Gasteiger partial charge in [0.1, 0.15) is 9.90 Å². The highest BCUT2D eigenvalue weighted by Gasteiger charge is 2.20. The number of halogens is 2. The summed E-state index contributed by atoms with van der Waals surface area (Å²) in [7, 11) is -3.89. The molecule has 0 aliphatic heterocycles. The average Bonchev–Trinajstić information content (AvgIpc) is 2.98. The van der Waals surface area contributed by atoms with Gasteiger partial charge in [-0.3, -0.25) is 4.72 Å². The molecule has 1 aromatic heterocycles. The summed E-state index contributed by atoms with van der Waals surface area (Å²) < 4.78 is 27.2. The maximum Gasteiger partial charge on any atom is 0.265 e. The van der Waals surface area contributed by atoms with Gasteiger partial charge in [0, 0.05) is 10.6 Å². The topological polar surface area (TPSA) is 72.0 Å². The Balaban J connectivity index is 1.90. The standard InChI is InChI=1S/C14H9Cl2N3O2S2/c15-10-6-7-11(16)12(8-10)23(20,21)19-14-18-17-13(22-14)9-4-2-1-3-5-9/h1-8H,(H,18,19). The Hall–Kier alpha value is -1.67. The van der Waals surface area contributed by atoms with Crippen molar-refractivity contribution in [2.24, 2.45) is 0 Å². The first-order chi connectivity index (χ1) is 11.0. The molecule has 0 saturated heterocycles. The lowest BCUT2D eigenvalue weighted by Crippen LogP contribution is -2.13. The number of aromatic nitrogens is 2. The predicted octanol–water partition coefficient (Wildman–Crippen LogP) is 4.31. The van der Waals surface area contributed by atoms with E-state index < -0.39 is 10.0 Å². The van der Waals surface area contributed by atoms with Crippen molar-refractivity contribution in [2.75, 3.05) is 4.72 Å². The van der Waals surface area contributed by atoms with Crippen molar-refractivity contribution in [1.29, 1.82) is 0 Å². The van der Waals surface area contributed by atoms with Gasteiger partial charge in [-0.05, 0) is 18.2 Å². The van der Waals surface area contributed by atoms with E-state index in [1.54, 1.807) is 0 Å². The minimum absolute atomic E-state index is 0.0784. The number of nitrogens with zero attached hydrogens (tertiary/aromatic N) is 2. The second kappa shape index (κ2) is 6.45. The average molecular weight is 386 g/mol. The fraction of sp³-hybridized carbons (Fsp3) is 0. The monoisotopic (exact) mass is 385 g/mol. The van der Waals surface area contributed by atoms with Crippen LogP contribution in [-0.2, 0) is 10.0 Å². The van der Waals surface area contributed by atoms with Gasteiger partial charge < -0.3 is 0 Å². The highest BCUT2D eigenvalue weighted by molar-refractivity contribution is 7.93. The Morgan fingerprint density at radius 1 is 1.00 bits per heavy atom. The van der Waals surface area contributed by atoms with Crippen molar-refractivity contribution in [1.82, 2.24) is 10.2 Å². The molecule has 23 heavy (non-hydrogen) atoms. The largest absolute Gasteiger partial charge is 0.265 e. The van der Waals surface area contributed by atoms with Gasteiger partial charge in [0.25, 0.3) is 10.0 Å². The Morgan fingerprint density at radius 3 is 2.48 bits per heavy atom. The molecule has 1 N–H and O–H groups in total. The lowest BCUT2D eigenvalue weighted by molar-refractivity contribution is 0.601. The molecule has 0 aliphatic rings. The normalized spacial score (nSPS) is 11.4. The van der Waals surface area contributed by atoms with Crippen LogP contribution in [0.15, 0.2) is 53.4 Å². The molecule has 0 fully saturated rings. The van der Waals surface area contributed by atoms with Gasteiger partial charge in [-0.15, -0.1) is 10.2 Å². The Bertz CT molecular complexity index is 944. The summed E-state index contributed by atoms with van der Waals surface area (Å²) in [6.45, 7) is 0. The predicted molar refractivity (Wildman–Crippen MR) is 92.6 cm³/mol. The molecule has 0 radical (unpaired) electrons. The first-order valence-corrected chi connectivity index (χ1v) is 9.38. The van der Waals surface area contributed by atoms with E-state index in [-0.39, 0.29) is 20.1 Å². The molecule has 0 bridgehead atoms. The van der Waals surface area contributed by atoms with Crippen LogP contribution in [-0.4, -0.2) is 18.6 Å². The maximum atomic E-state index is 12.4. The molecule has 118 valence electrons. The van der Waals surface area contributed by atoms with Gasteiger partial charge >= 0.3 is 0 Å². The first-order valence-electron chi connectivity index (χ1n) is 6.32. The Kier molecular flexibility index (Phi) is 4.54. The number of anilines is 1. The van der Waals surface area contributed by atoms with E-state index in [2.05, 4.69) is 14.9 Å². The van der Waals surface area contributed by atoms with Crippen LogP contribution in [0.3, 0.4) is 0 Å². The summed E-state index contributed by atoms with van der Waals surface area (Å²) in [5.74, 6) is 0. The molecule has 2 aromatic carbocycles. The van der Waals surface area contributed by atoms with Gasteiger partial charge in [-0.2, -0.15) is 0 Å². The van der Waals surface area contributed by atoms with Gasteiger partial charge in [-0.1, -0.05) is 64.9 Å². The van der Waals surface area contributed by atoms with E-state index in [4.69, 9.17) is 23.2 Å². The van der Waals surface area contributed by atoms with Crippen molar-refractivity contribution >= 4 is 49.7 Å². The molecule has 0 unspecified atom stereocenters. The van der Waals surface area contributed by atoms with Gasteiger partial charge in [0.2, 0.25) is 5.13 Å². The lowest BCUT2D eigenvalue weighted by Gasteiger charge is -2.06. The molecule has 0 aliphatic carbocycles. The van der Waals surface area contributed by atoms with E-state index in [0.717, 1.165) is 16.9 Å². The quantitative estimate of drug-likeness (QED) is 0.725. The van der Waals surface area contributed by atoms with Crippen LogP contribution in [0.25, 0.3) is 10.6 Å². The van der Waals surface area contributed by atoms with Crippen LogP contribution in [0, 0.1) is 0 Å². The number of rotatable bonds is 4. The van der Waals surface area contributed by atoms with Crippen LogP contribution >= 0.6 is 34.5 Å². The second-order valence-electron chi connectivity index (χ2n) is 4.46. The molecule has 0 saturated carbocycles. The maximum absolute atomic E-state index is 12.4. The fourth-order valence-corrected chi connectivity index (χ4v) is 4.56. The molecule has 3 rings (SSSR count). The summed E-state index contributed by atoms with van der Waals surface area (Å²) in [4.78, 5) is -0.108. The van der Waals surface area contributed by atoms with Crippen molar-refractivity contribution in [2.45, 2.75) is 4.90 Å². The molecule has 9 heteroatoms. The molecule has 3 aromatic rings. The first kappa shape index (κ1) is 16.2. The Labute approximate surface area is 147 Å². The van der Waals surface area contributed by atoms with E-state index in [9.17, 15) is 8.42 Å². The van der Waals surface area contributed by atoms with Crippen molar-refractivity contribution in [3.05, 3.63) is 58.6 Å². The summed E-state index contributed by atoms with van der Waals surface area (Å²) in [5, 5.41) is 8.96. The van der Waals surface area contributed by atoms with E-state index >= 15 is 0 Å². The van der Waals surface area contributed by atoms with Crippen LogP contribution in [0.1, 0.15) is 0 Å². The second-order valence-corrected chi connectivity index (χ2v) is 7.93. The van der Waals surface area contributed by atoms with Crippen molar-refractivity contribution < 1.29 is 8.42 Å². The Morgan fingerprint density at radius 2 is 1.74 bits per heavy atom. The van der Waals surface area contributed by atoms with Crippen LogP contribution < -0.4 is 4.72 Å². The molecule has 0 atom stereocenters. The van der Waals surface area contributed by atoms with Gasteiger partial charge in [-0.25, -0.2) is 8.42 Å². The summed E-state index contributed by atoms with van der Waals surface area (Å²) in [6.07, 6.45) is 0. The van der Waals surface area contributed by atoms with Crippen LogP contribution in [0.5, 0.6) is 0 Å². The van der Waals surface area contributed by atoms with Crippen LogP contribution in [0.2, 0.25) is 10.0 Å². The molecule has 5 nitrogen and oxygen atoms in total. The van der Waals surface area contributed by atoms with Gasteiger partial charge in [0.15, 0.2) is 0 Å². The molecular formula is C14H9Cl2N3O2S2. The zero-order valence-electron chi connectivity index (χ0n) is 11.4. The molecule has 0 amide bonds. The van der Waals surface area contributed by atoms with Crippen molar-refractivity contribution in [3.63, 3.8) is 0 Å². The van der Waals surface area contributed by atoms with Crippen LogP contribution in [0.4, 0.5) is 5.13 Å². The third kappa shape index (κ3) is 3.64. The molecule has 0 spiro atoms. The summed E-state index contributed by atoms with van der Waals surface area (Å²) >= 11 is 12.9. The number of hydrogen-bond donors (Lipinski definition) is 1. The number of nitrogens with one attached hydrogen (secondary N) is 1. The van der Waals surface area contributed by atoms with E-state index in [1.807, 2.05) is 30.3 Å². The smallest absolute Gasteiger partial charge is 0.253 e. The highest BCUT2D eigenvalue weighted by Crippen LogP contribution is 2.30.